The summed E-state index contributed by atoms with van der Waals surface area (Å²) in [6.07, 6.45) is 2.62. The number of carbonyl (C=O) groups is 2. The van der Waals surface area contributed by atoms with E-state index in [4.69, 9.17) is 16.2 Å². The van der Waals surface area contributed by atoms with Crippen LogP contribution in [0.3, 0.4) is 0 Å². The zero-order chi connectivity index (χ0) is 32.4. The molecule has 45 heavy (non-hydrogen) atoms. The number of fused-ring (bicyclic) bond motifs is 1. The van der Waals surface area contributed by atoms with E-state index < -0.39 is 34.2 Å². The monoisotopic (exact) mass is 656 g/mol. The molecule has 0 bridgehead atoms. The second kappa shape index (κ2) is 13.1. The SMILES string of the molecule is Cn1cc(-c2cccc3c2CCCN3C(=O)CCCC(F)(F)c2ccc(Cl)cc2)c(-c2ccccc2C(=O)NCS(=O)(=O)O)n1. The number of aryl methyl sites for hydroxylation is 1. The fraction of sp³-hybridized carbons (Fsp3) is 0.281. The van der Waals surface area contributed by atoms with Gasteiger partial charge >= 0.3 is 0 Å². The third kappa shape index (κ3) is 7.41. The summed E-state index contributed by atoms with van der Waals surface area (Å²) in [5.74, 6) is -4.97. The summed E-state index contributed by atoms with van der Waals surface area (Å²) in [6.45, 7) is 0.458. The lowest BCUT2D eigenvalue weighted by Crippen LogP contribution is -2.35. The van der Waals surface area contributed by atoms with Gasteiger partial charge in [0.1, 0.15) is 11.6 Å². The highest BCUT2D eigenvalue weighted by atomic mass is 35.5. The van der Waals surface area contributed by atoms with Gasteiger partial charge in [0.2, 0.25) is 5.91 Å². The van der Waals surface area contributed by atoms with Gasteiger partial charge in [-0.15, -0.1) is 0 Å². The van der Waals surface area contributed by atoms with E-state index in [2.05, 4.69) is 10.4 Å². The molecule has 3 aromatic carbocycles. The maximum absolute atomic E-state index is 14.8. The molecule has 1 aliphatic heterocycles. The van der Waals surface area contributed by atoms with Crippen LogP contribution in [0.1, 0.15) is 47.2 Å². The van der Waals surface area contributed by atoms with Crippen molar-refractivity contribution in [2.75, 3.05) is 17.3 Å². The Hall–Kier alpha value is -4.13. The number of anilines is 1. The molecule has 0 radical (unpaired) electrons. The van der Waals surface area contributed by atoms with Crippen LogP contribution in [-0.2, 0) is 34.3 Å². The molecule has 0 saturated carbocycles. The van der Waals surface area contributed by atoms with E-state index in [-0.39, 0.29) is 29.9 Å². The Bertz CT molecular complexity index is 1840. The highest BCUT2D eigenvalue weighted by Crippen LogP contribution is 2.41. The number of nitrogens with one attached hydrogen (secondary N) is 1. The Labute approximate surface area is 264 Å². The number of alkyl halides is 2. The molecule has 1 aliphatic rings. The van der Waals surface area contributed by atoms with E-state index >= 15 is 0 Å². The zero-order valence-electron chi connectivity index (χ0n) is 24.3. The predicted octanol–water partition coefficient (Wildman–Crippen LogP) is 6.22. The molecule has 2 amide bonds. The molecule has 2 N–H and O–H groups in total. The third-order valence-electron chi connectivity index (χ3n) is 7.66. The van der Waals surface area contributed by atoms with Gasteiger partial charge in [-0.2, -0.15) is 13.5 Å². The van der Waals surface area contributed by atoms with Crippen molar-refractivity contribution < 1.29 is 31.3 Å². The Morgan fingerprint density at radius 1 is 1.02 bits per heavy atom. The summed E-state index contributed by atoms with van der Waals surface area (Å²) in [5, 5.41) is 7.20. The van der Waals surface area contributed by atoms with Gasteiger partial charge in [0.25, 0.3) is 21.9 Å². The van der Waals surface area contributed by atoms with Crippen molar-refractivity contribution in [3.05, 3.63) is 94.6 Å². The lowest BCUT2D eigenvalue weighted by molar-refractivity contribution is -0.119. The van der Waals surface area contributed by atoms with Gasteiger partial charge in [-0.3, -0.25) is 18.8 Å². The third-order valence-corrected chi connectivity index (χ3v) is 8.42. The average Bonchev–Trinajstić information content (AvgIpc) is 3.40. The highest BCUT2D eigenvalue weighted by Gasteiger charge is 2.32. The predicted molar refractivity (Wildman–Crippen MR) is 168 cm³/mol. The molecular weight excluding hydrogens is 626 g/mol. The van der Waals surface area contributed by atoms with Crippen LogP contribution in [0.25, 0.3) is 22.4 Å². The number of nitrogens with zero attached hydrogens (tertiary/aromatic N) is 3. The van der Waals surface area contributed by atoms with Gasteiger partial charge in [0.15, 0.2) is 0 Å². The van der Waals surface area contributed by atoms with Crippen molar-refractivity contribution >= 4 is 39.2 Å². The number of benzene rings is 3. The topological polar surface area (TPSA) is 122 Å². The largest absolute Gasteiger partial charge is 0.336 e. The number of hydrogen-bond acceptors (Lipinski definition) is 5. The Morgan fingerprint density at radius 3 is 2.47 bits per heavy atom. The number of hydrogen-bond donors (Lipinski definition) is 2. The van der Waals surface area contributed by atoms with Crippen molar-refractivity contribution in [3.63, 3.8) is 0 Å². The summed E-state index contributed by atoms with van der Waals surface area (Å²) in [7, 11) is -2.69. The number of amides is 2. The standard InChI is InChI=1S/C32H31ClF2N4O5S/c1-38-19-27(30(37-38)25-7-2-3-8-26(25)31(41)36-20-45(42,43)44)23-9-4-11-28-24(23)10-6-18-39(28)29(40)12-5-17-32(34,35)21-13-15-22(33)16-14-21/h2-4,7-9,11,13-16,19H,5-6,10,12,17-18,20H2,1H3,(H,36,41)(H,42,43,44). The molecule has 0 fully saturated rings. The molecule has 0 spiro atoms. The summed E-state index contributed by atoms with van der Waals surface area (Å²) >= 11 is 5.83. The number of halogens is 3. The van der Waals surface area contributed by atoms with E-state index in [1.54, 1.807) is 41.0 Å². The minimum Gasteiger partial charge on any atom is -0.336 e. The maximum Gasteiger partial charge on any atom is 0.283 e. The van der Waals surface area contributed by atoms with E-state index in [1.165, 1.54) is 30.3 Å². The van der Waals surface area contributed by atoms with Crippen LogP contribution < -0.4 is 10.2 Å². The van der Waals surface area contributed by atoms with Crippen LogP contribution in [0, 0.1) is 0 Å². The van der Waals surface area contributed by atoms with Crippen molar-refractivity contribution in [2.24, 2.45) is 7.05 Å². The molecule has 13 heteroatoms. The second-order valence-corrected chi connectivity index (χ2v) is 12.7. The van der Waals surface area contributed by atoms with E-state index in [0.29, 0.717) is 46.9 Å². The fourth-order valence-corrected chi connectivity index (χ4v) is 6.03. The van der Waals surface area contributed by atoms with Crippen LogP contribution in [0.15, 0.2) is 72.9 Å². The normalized spacial score (nSPS) is 13.4. The zero-order valence-corrected chi connectivity index (χ0v) is 25.9. The van der Waals surface area contributed by atoms with Gasteiger partial charge in [0, 0.05) is 65.6 Å². The summed E-state index contributed by atoms with van der Waals surface area (Å²) in [6, 6.07) is 17.6. The number of carbonyl (C=O) groups excluding carboxylic acids is 2. The first-order valence-corrected chi connectivity index (χ1v) is 16.3. The van der Waals surface area contributed by atoms with Gasteiger partial charge in [-0.1, -0.05) is 54.1 Å². The Balaban J connectivity index is 1.40. The van der Waals surface area contributed by atoms with E-state index in [9.17, 15) is 26.8 Å². The highest BCUT2D eigenvalue weighted by molar-refractivity contribution is 7.85. The lowest BCUT2D eigenvalue weighted by atomic mass is 9.90. The summed E-state index contributed by atoms with van der Waals surface area (Å²) < 4.78 is 62.6. The van der Waals surface area contributed by atoms with Gasteiger partial charge < -0.3 is 10.2 Å². The summed E-state index contributed by atoms with van der Waals surface area (Å²) in [5.41, 5.74) is 4.03. The van der Waals surface area contributed by atoms with E-state index in [1.807, 2.05) is 18.2 Å². The van der Waals surface area contributed by atoms with Crippen LogP contribution in [0.4, 0.5) is 14.5 Å². The molecule has 1 aromatic heterocycles. The Kier molecular flexibility index (Phi) is 9.38. The molecular formula is C32H31ClF2N4O5S. The van der Waals surface area contributed by atoms with Crippen LogP contribution in [0.2, 0.25) is 5.02 Å². The molecule has 0 saturated heterocycles. The second-order valence-electron chi connectivity index (χ2n) is 10.9. The molecule has 0 unspecified atom stereocenters. The first kappa shape index (κ1) is 32.3. The maximum atomic E-state index is 14.8. The molecule has 9 nitrogen and oxygen atoms in total. The molecule has 236 valence electrons. The minimum absolute atomic E-state index is 0.00314. The molecule has 4 aromatic rings. The van der Waals surface area contributed by atoms with Crippen molar-refractivity contribution in [3.8, 4) is 22.4 Å². The number of aromatic nitrogens is 2. The van der Waals surface area contributed by atoms with Gasteiger partial charge in [0.05, 0.1) is 0 Å². The first-order valence-electron chi connectivity index (χ1n) is 14.3. The van der Waals surface area contributed by atoms with Crippen molar-refractivity contribution in [1.29, 1.82) is 0 Å². The average molecular weight is 657 g/mol. The molecule has 0 aliphatic carbocycles. The quantitative estimate of drug-likeness (QED) is 0.195. The van der Waals surface area contributed by atoms with Gasteiger partial charge in [-0.05, 0) is 54.7 Å². The molecule has 2 heterocycles. The van der Waals surface area contributed by atoms with Crippen LogP contribution in [0.5, 0.6) is 0 Å². The molecule has 5 rings (SSSR count). The van der Waals surface area contributed by atoms with Crippen LogP contribution in [-0.4, -0.2) is 47.0 Å². The fourth-order valence-electron chi connectivity index (χ4n) is 5.59. The smallest absolute Gasteiger partial charge is 0.283 e. The summed E-state index contributed by atoms with van der Waals surface area (Å²) in [4.78, 5) is 27.9. The number of rotatable bonds is 10. The van der Waals surface area contributed by atoms with Crippen LogP contribution >= 0.6 is 11.6 Å². The van der Waals surface area contributed by atoms with Crippen molar-refractivity contribution in [1.82, 2.24) is 15.1 Å². The lowest BCUT2D eigenvalue weighted by Gasteiger charge is -2.31. The minimum atomic E-state index is -4.43. The first-order chi connectivity index (χ1) is 21.3. The Morgan fingerprint density at radius 2 is 1.73 bits per heavy atom. The van der Waals surface area contributed by atoms with Gasteiger partial charge in [-0.25, -0.2) is 8.78 Å². The van der Waals surface area contributed by atoms with Crippen molar-refractivity contribution in [2.45, 2.75) is 38.0 Å². The molecule has 0 atom stereocenters. The van der Waals surface area contributed by atoms with E-state index in [0.717, 1.165) is 11.1 Å².